The highest BCUT2D eigenvalue weighted by atomic mass is 32.2. The fourth-order valence-corrected chi connectivity index (χ4v) is 5.63. The summed E-state index contributed by atoms with van der Waals surface area (Å²) < 4.78 is 48.5. The molecule has 7 heteroatoms. The van der Waals surface area contributed by atoms with Crippen LogP contribution in [0.25, 0.3) is 0 Å². The molecule has 0 amide bonds. The Morgan fingerprint density at radius 2 is 1.24 bits per heavy atom. The van der Waals surface area contributed by atoms with E-state index >= 15 is 0 Å². The lowest BCUT2D eigenvalue weighted by Gasteiger charge is -2.29. The Bertz CT molecular complexity index is 780. The molecule has 0 saturated carbocycles. The van der Waals surface area contributed by atoms with Crippen LogP contribution in [0.1, 0.15) is 58.9 Å². The van der Waals surface area contributed by atoms with Crippen molar-refractivity contribution < 1.29 is 16.8 Å². The monoisotopic (exact) mass is 445 g/mol. The Labute approximate surface area is 178 Å². The van der Waals surface area contributed by atoms with E-state index < -0.39 is 19.7 Å². The first-order valence-corrected chi connectivity index (χ1v) is 14.5. The van der Waals surface area contributed by atoms with Gasteiger partial charge in [-0.1, -0.05) is 65.5 Å². The van der Waals surface area contributed by atoms with Crippen LogP contribution in [0, 0.1) is 11.8 Å². The van der Waals surface area contributed by atoms with Crippen LogP contribution in [0.2, 0.25) is 0 Å². The average Bonchev–Trinajstić information content (AvgIpc) is 2.66. The van der Waals surface area contributed by atoms with Crippen molar-refractivity contribution >= 4 is 19.7 Å². The van der Waals surface area contributed by atoms with Crippen molar-refractivity contribution in [3.63, 3.8) is 0 Å². The third kappa shape index (κ3) is 9.62. The maximum Gasteiger partial charge on any atom is 0.179 e. The summed E-state index contributed by atoms with van der Waals surface area (Å²) in [7, 11) is -6.54. The van der Waals surface area contributed by atoms with Crippen LogP contribution in [0.15, 0.2) is 29.2 Å². The molecule has 0 heterocycles. The molecular formula is C22H39NO4S2. The van der Waals surface area contributed by atoms with E-state index in [1.807, 2.05) is 0 Å². The first-order chi connectivity index (χ1) is 13.5. The van der Waals surface area contributed by atoms with Gasteiger partial charge in [0.2, 0.25) is 0 Å². The van der Waals surface area contributed by atoms with Crippen molar-refractivity contribution in [3.8, 4) is 0 Å². The molecule has 0 fully saturated rings. The zero-order valence-electron chi connectivity index (χ0n) is 18.7. The van der Waals surface area contributed by atoms with Crippen LogP contribution >= 0.6 is 0 Å². The highest BCUT2D eigenvalue weighted by molar-refractivity contribution is 7.91. The van der Waals surface area contributed by atoms with E-state index in [0.717, 1.165) is 38.8 Å². The molecule has 0 atom stereocenters. The number of nitrogens with zero attached hydrogens (tertiary/aromatic N) is 1. The van der Waals surface area contributed by atoms with E-state index in [0.29, 0.717) is 23.9 Å². The fraction of sp³-hybridized carbons (Fsp3) is 0.727. The Morgan fingerprint density at radius 1 is 0.793 bits per heavy atom. The van der Waals surface area contributed by atoms with Crippen LogP contribution in [0.5, 0.6) is 0 Å². The zero-order valence-corrected chi connectivity index (χ0v) is 20.4. The SMILES string of the molecule is CCC(CC)CN(CCS(=O)(=O)c1ccc(CS(C)(=O)=O)cc1)CC(CC)CC. The molecule has 0 unspecified atom stereocenters. The van der Waals surface area contributed by atoms with Gasteiger partial charge in [-0.15, -0.1) is 0 Å². The van der Waals surface area contributed by atoms with E-state index in [9.17, 15) is 16.8 Å². The van der Waals surface area contributed by atoms with Crippen LogP contribution < -0.4 is 0 Å². The smallest absolute Gasteiger partial charge is 0.179 e. The van der Waals surface area contributed by atoms with E-state index in [4.69, 9.17) is 0 Å². The second kappa shape index (κ2) is 12.1. The van der Waals surface area contributed by atoms with Crippen molar-refractivity contribution in [2.75, 3.05) is 31.6 Å². The van der Waals surface area contributed by atoms with Gasteiger partial charge >= 0.3 is 0 Å². The van der Waals surface area contributed by atoms with Crippen LogP contribution in [0.4, 0.5) is 0 Å². The maximum absolute atomic E-state index is 12.8. The van der Waals surface area contributed by atoms with Crippen LogP contribution in [0.3, 0.4) is 0 Å². The molecule has 0 radical (unpaired) electrons. The van der Waals surface area contributed by atoms with Crippen molar-refractivity contribution in [3.05, 3.63) is 29.8 Å². The summed E-state index contributed by atoms with van der Waals surface area (Å²) in [6, 6.07) is 6.25. The van der Waals surface area contributed by atoms with Gasteiger partial charge in [-0.2, -0.15) is 0 Å². The molecule has 0 N–H and O–H groups in total. The Hall–Kier alpha value is -0.920. The van der Waals surface area contributed by atoms with Crippen LogP contribution in [-0.2, 0) is 25.4 Å². The summed E-state index contributed by atoms with van der Waals surface area (Å²) in [5.74, 6) is 1.18. The van der Waals surface area contributed by atoms with Crippen molar-refractivity contribution in [2.45, 2.75) is 64.0 Å². The largest absolute Gasteiger partial charge is 0.302 e. The van der Waals surface area contributed by atoms with Crippen LogP contribution in [-0.4, -0.2) is 53.4 Å². The second-order valence-electron chi connectivity index (χ2n) is 8.16. The van der Waals surface area contributed by atoms with Gasteiger partial charge in [0, 0.05) is 25.9 Å². The lowest BCUT2D eigenvalue weighted by molar-refractivity contribution is 0.197. The zero-order chi connectivity index (χ0) is 22.1. The number of hydrogen-bond acceptors (Lipinski definition) is 5. The molecule has 0 aliphatic carbocycles. The average molecular weight is 446 g/mol. The summed E-state index contributed by atoms with van der Waals surface area (Å²) >= 11 is 0. The number of benzene rings is 1. The lowest BCUT2D eigenvalue weighted by Crippen LogP contribution is -2.37. The highest BCUT2D eigenvalue weighted by Gasteiger charge is 2.20. The molecule has 5 nitrogen and oxygen atoms in total. The summed E-state index contributed by atoms with van der Waals surface area (Å²) in [5, 5.41) is 0. The van der Waals surface area contributed by atoms with E-state index in [2.05, 4.69) is 32.6 Å². The Kier molecular flexibility index (Phi) is 10.9. The minimum atomic E-state index is -3.41. The van der Waals surface area contributed by atoms with Gasteiger partial charge in [-0.3, -0.25) is 0 Å². The normalized spacial score (nSPS) is 13.0. The van der Waals surface area contributed by atoms with Gasteiger partial charge in [0.25, 0.3) is 0 Å². The molecule has 0 saturated heterocycles. The topological polar surface area (TPSA) is 71.5 Å². The molecule has 0 spiro atoms. The predicted molar refractivity (Wildman–Crippen MR) is 122 cm³/mol. The number of sulfone groups is 2. The fourth-order valence-electron chi connectivity index (χ4n) is 3.54. The van der Waals surface area contributed by atoms with Gasteiger partial charge in [0.05, 0.1) is 16.4 Å². The Balaban J connectivity index is 2.86. The minimum Gasteiger partial charge on any atom is -0.302 e. The standard InChI is InChI=1S/C22H39NO4S2/c1-6-19(7-2)16-23(17-20(8-3)9-4)14-15-29(26,27)22-12-10-21(11-13-22)18-28(5,24)25/h10-13,19-20H,6-9,14-18H2,1-5H3. The van der Waals surface area contributed by atoms with Crippen molar-refractivity contribution in [2.24, 2.45) is 11.8 Å². The summed E-state index contributed by atoms with van der Waals surface area (Å²) in [6.45, 7) is 11.2. The summed E-state index contributed by atoms with van der Waals surface area (Å²) in [4.78, 5) is 2.59. The molecule has 1 aromatic carbocycles. The molecule has 29 heavy (non-hydrogen) atoms. The Morgan fingerprint density at radius 3 is 1.62 bits per heavy atom. The van der Waals surface area contributed by atoms with E-state index in [1.54, 1.807) is 12.1 Å². The molecule has 1 rings (SSSR count). The number of rotatable bonds is 14. The maximum atomic E-state index is 12.8. The van der Waals surface area contributed by atoms with Gasteiger partial charge in [-0.05, 0) is 29.5 Å². The summed E-state index contributed by atoms with van der Waals surface area (Å²) in [6.07, 6.45) is 5.58. The first-order valence-electron chi connectivity index (χ1n) is 10.8. The minimum absolute atomic E-state index is 0.0774. The van der Waals surface area contributed by atoms with Crippen molar-refractivity contribution in [1.82, 2.24) is 4.90 Å². The third-order valence-corrected chi connectivity index (χ3v) is 8.30. The van der Waals surface area contributed by atoms with E-state index in [-0.39, 0.29) is 16.4 Å². The molecule has 1 aromatic rings. The molecule has 0 bridgehead atoms. The molecular weight excluding hydrogens is 406 g/mol. The predicted octanol–water partition coefficient (Wildman–Crippen LogP) is 4.18. The third-order valence-electron chi connectivity index (χ3n) is 5.73. The molecule has 168 valence electrons. The first kappa shape index (κ1) is 26.1. The van der Waals surface area contributed by atoms with Gasteiger partial charge in [0.15, 0.2) is 19.7 Å². The molecule has 0 aliphatic rings. The van der Waals surface area contributed by atoms with E-state index in [1.165, 1.54) is 18.4 Å². The lowest BCUT2D eigenvalue weighted by atomic mass is 9.99. The summed E-state index contributed by atoms with van der Waals surface area (Å²) in [5.41, 5.74) is 0.607. The quantitative estimate of drug-likeness (QED) is 0.430. The molecule has 0 aliphatic heterocycles. The highest BCUT2D eigenvalue weighted by Crippen LogP contribution is 2.18. The van der Waals surface area contributed by atoms with Gasteiger partial charge in [0.1, 0.15) is 0 Å². The van der Waals surface area contributed by atoms with Gasteiger partial charge in [-0.25, -0.2) is 16.8 Å². The molecule has 0 aromatic heterocycles. The van der Waals surface area contributed by atoms with Gasteiger partial charge < -0.3 is 4.90 Å². The van der Waals surface area contributed by atoms with Crippen molar-refractivity contribution in [1.29, 1.82) is 0 Å². The second-order valence-corrected chi connectivity index (χ2v) is 12.4. The number of hydrogen-bond donors (Lipinski definition) is 0.